The van der Waals surface area contributed by atoms with E-state index in [9.17, 15) is 14.7 Å². The molecule has 0 saturated carbocycles. The van der Waals surface area contributed by atoms with Crippen LogP contribution in [-0.2, 0) is 19.1 Å². The number of carbonyl (C=O) groups is 2. The van der Waals surface area contributed by atoms with Gasteiger partial charge in [0.05, 0.1) is 6.61 Å². The monoisotopic (exact) mass is 899 g/mol. The van der Waals surface area contributed by atoms with Crippen molar-refractivity contribution in [2.75, 3.05) is 13.2 Å². The van der Waals surface area contributed by atoms with E-state index in [1.165, 1.54) is 238 Å². The standard InChI is InChI=1S/C59H110O5/c1-3-5-7-9-11-13-15-17-19-21-23-25-27-28-29-30-32-33-35-37-39-41-43-45-47-49-51-53-58(61)63-56-57(55-60)64-59(62)54-52-50-48-46-44-42-40-38-36-34-31-26-24-22-20-18-16-14-12-10-8-6-4-2/h16,18,21-24,57,60H,3-15,17,19-20,25-56H2,1-2H3/b18-16-,23-21-,24-22-. The van der Waals surface area contributed by atoms with E-state index in [4.69, 9.17) is 9.47 Å². The number of aliphatic hydroxyl groups is 1. The number of esters is 2. The molecule has 0 radical (unpaired) electrons. The second kappa shape index (κ2) is 55.4. The van der Waals surface area contributed by atoms with Crippen molar-refractivity contribution < 1.29 is 24.2 Å². The SMILES string of the molecule is CCCCCCC/C=C\C/C=C\CCCCCCCCCCCCCC(=O)OC(CO)COC(=O)CCCCCCCCCCCCCCCCC/C=C\CCCCCCCCCC. The molecule has 1 atom stereocenters. The zero-order chi connectivity index (χ0) is 46.3. The molecule has 0 fully saturated rings. The lowest BCUT2D eigenvalue weighted by atomic mass is 10.0. The minimum Gasteiger partial charge on any atom is -0.462 e. The van der Waals surface area contributed by atoms with Gasteiger partial charge in [0.25, 0.3) is 0 Å². The molecule has 0 amide bonds. The first kappa shape index (κ1) is 62.1. The molecule has 376 valence electrons. The molecule has 5 nitrogen and oxygen atoms in total. The Morgan fingerprint density at radius 2 is 0.625 bits per heavy atom. The molecule has 0 saturated heterocycles. The van der Waals surface area contributed by atoms with Crippen LogP contribution in [0.5, 0.6) is 0 Å². The Hall–Kier alpha value is -1.88. The molecule has 0 rings (SSSR count). The van der Waals surface area contributed by atoms with Gasteiger partial charge in [0.2, 0.25) is 0 Å². The summed E-state index contributed by atoms with van der Waals surface area (Å²) in [5.41, 5.74) is 0. The molecule has 0 heterocycles. The zero-order valence-electron chi connectivity index (χ0n) is 43.1. The zero-order valence-corrected chi connectivity index (χ0v) is 43.1. The van der Waals surface area contributed by atoms with Gasteiger partial charge in [0, 0.05) is 12.8 Å². The normalized spacial score (nSPS) is 12.4. The van der Waals surface area contributed by atoms with Crippen molar-refractivity contribution >= 4 is 11.9 Å². The van der Waals surface area contributed by atoms with Crippen LogP contribution in [0, 0.1) is 0 Å². The van der Waals surface area contributed by atoms with Gasteiger partial charge in [-0.15, -0.1) is 0 Å². The van der Waals surface area contributed by atoms with Crippen molar-refractivity contribution in [3.8, 4) is 0 Å². The maximum absolute atomic E-state index is 12.3. The van der Waals surface area contributed by atoms with Crippen LogP contribution in [0.1, 0.15) is 309 Å². The fourth-order valence-electron chi connectivity index (χ4n) is 8.58. The first-order valence-corrected chi connectivity index (χ1v) is 28.5. The Bertz CT molecular complexity index is 1020. The van der Waals surface area contributed by atoms with Crippen LogP contribution in [0.3, 0.4) is 0 Å². The first-order valence-electron chi connectivity index (χ1n) is 28.5. The lowest BCUT2D eigenvalue weighted by Crippen LogP contribution is -2.28. The highest BCUT2D eigenvalue weighted by atomic mass is 16.6. The number of ether oxygens (including phenoxy) is 2. The van der Waals surface area contributed by atoms with Crippen LogP contribution in [0.25, 0.3) is 0 Å². The van der Waals surface area contributed by atoms with Gasteiger partial charge in [-0.2, -0.15) is 0 Å². The molecular weight excluding hydrogens is 789 g/mol. The van der Waals surface area contributed by atoms with Crippen LogP contribution in [0.15, 0.2) is 36.5 Å². The quantitative estimate of drug-likeness (QED) is 0.0374. The molecule has 5 heteroatoms. The Morgan fingerprint density at radius 1 is 0.359 bits per heavy atom. The Kier molecular flexibility index (Phi) is 53.8. The van der Waals surface area contributed by atoms with E-state index < -0.39 is 6.10 Å². The van der Waals surface area contributed by atoms with E-state index >= 15 is 0 Å². The van der Waals surface area contributed by atoms with E-state index in [1.807, 2.05) is 0 Å². The molecule has 0 aliphatic heterocycles. The molecule has 64 heavy (non-hydrogen) atoms. The third kappa shape index (κ3) is 52.7. The lowest BCUT2D eigenvalue weighted by molar-refractivity contribution is -0.161. The maximum Gasteiger partial charge on any atom is 0.306 e. The average Bonchev–Trinajstić information content (AvgIpc) is 3.30. The van der Waals surface area contributed by atoms with Crippen molar-refractivity contribution in [2.24, 2.45) is 0 Å². The summed E-state index contributed by atoms with van der Waals surface area (Å²) in [6, 6.07) is 0. The lowest BCUT2D eigenvalue weighted by Gasteiger charge is -2.15. The molecule has 0 aromatic carbocycles. The van der Waals surface area contributed by atoms with Crippen molar-refractivity contribution in [3.05, 3.63) is 36.5 Å². The van der Waals surface area contributed by atoms with E-state index in [0.717, 1.165) is 44.9 Å². The highest BCUT2D eigenvalue weighted by molar-refractivity contribution is 5.70. The van der Waals surface area contributed by atoms with Gasteiger partial charge >= 0.3 is 11.9 Å². The summed E-state index contributed by atoms with van der Waals surface area (Å²) in [5, 5.41) is 9.65. The number of hydrogen-bond acceptors (Lipinski definition) is 5. The number of aliphatic hydroxyl groups excluding tert-OH is 1. The van der Waals surface area contributed by atoms with Gasteiger partial charge in [-0.1, -0.05) is 262 Å². The highest BCUT2D eigenvalue weighted by Gasteiger charge is 2.16. The van der Waals surface area contributed by atoms with Gasteiger partial charge < -0.3 is 14.6 Å². The number of rotatable bonds is 53. The summed E-state index contributed by atoms with van der Waals surface area (Å²) in [4.78, 5) is 24.5. The fourth-order valence-corrected chi connectivity index (χ4v) is 8.58. The largest absolute Gasteiger partial charge is 0.462 e. The van der Waals surface area contributed by atoms with Crippen molar-refractivity contribution in [1.29, 1.82) is 0 Å². The summed E-state index contributed by atoms with van der Waals surface area (Å²) < 4.78 is 10.7. The molecule has 0 aromatic heterocycles. The van der Waals surface area contributed by atoms with Crippen molar-refractivity contribution in [1.82, 2.24) is 0 Å². The number of unbranched alkanes of at least 4 members (excludes halogenated alkanes) is 39. The van der Waals surface area contributed by atoms with E-state index in [0.29, 0.717) is 12.8 Å². The fraction of sp³-hybridized carbons (Fsp3) is 0.864. The smallest absolute Gasteiger partial charge is 0.306 e. The van der Waals surface area contributed by atoms with Crippen LogP contribution in [0.4, 0.5) is 0 Å². The highest BCUT2D eigenvalue weighted by Crippen LogP contribution is 2.17. The van der Waals surface area contributed by atoms with Crippen LogP contribution in [-0.4, -0.2) is 36.4 Å². The second-order valence-electron chi connectivity index (χ2n) is 19.4. The predicted molar refractivity (Wildman–Crippen MR) is 279 cm³/mol. The van der Waals surface area contributed by atoms with Gasteiger partial charge in [-0.3, -0.25) is 9.59 Å². The van der Waals surface area contributed by atoms with Gasteiger partial charge in [0.15, 0.2) is 6.10 Å². The Balaban J connectivity index is 3.44. The topological polar surface area (TPSA) is 72.8 Å². The summed E-state index contributed by atoms with van der Waals surface area (Å²) in [5.74, 6) is -0.578. The molecule has 0 aliphatic rings. The summed E-state index contributed by atoms with van der Waals surface area (Å²) in [6.07, 6.45) is 71.2. The summed E-state index contributed by atoms with van der Waals surface area (Å²) >= 11 is 0. The number of allylic oxidation sites excluding steroid dienone is 6. The van der Waals surface area contributed by atoms with E-state index in [2.05, 4.69) is 50.3 Å². The summed E-state index contributed by atoms with van der Waals surface area (Å²) in [6.45, 7) is 4.17. The van der Waals surface area contributed by atoms with E-state index in [1.54, 1.807) is 0 Å². The van der Waals surface area contributed by atoms with Crippen LogP contribution < -0.4 is 0 Å². The average molecular weight is 900 g/mol. The number of carbonyl (C=O) groups excluding carboxylic acids is 2. The van der Waals surface area contributed by atoms with E-state index in [-0.39, 0.29) is 25.2 Å². The molecule has 1 N–H and O–H groups in total. The van der Waals surface area contributed by atoms with Crippen molar-refractivity contribution in [3.63, 3.8) is 0 Å². The Morgan fingerprint density at radius 3 is 0.938 bits per heavy atom. The molecule has 0 bridgehead atoms. The summed E-state index contributed by atoms with van der Waals surface area (Å²) in [7, 11) is 0. The molecule has 1 unspecified atom stereocenters. The maximum atomic E-state index is 12.3. The minimum absolute atomic E-state index is 0.0628. The van der Waals surface area contributed by atoms with Crippen LogP contribution >= 0.6 is 0 Å². The predicted octanol–water partition coefficient (Wildman–Crippen LogP) is 19.1. The first-order chi connectivity index (χ1) is 31.6. The van der Waals surface area contributed by atoms with Gasteiger partial charge in [-0.25, -0.2) is 0 Å². The van der Waals surface area contributed by atoms with Crippen LogP contribution in [0.2, 0.25) is 0 Å². The third-order valence-corrected chi connectivity index (χ3v) is 12.9. The molecule has 0 aromatic rings. The van der Waals surface area contributed by atoms with Gasteiger partial charge in [0.1, 0.15) is 6.61 Å². The molecular formula is C59H110O5. The molecule has 0 aliphatic carbocycles. The molecule has 0 spiro atoms. The van der Waals surface area contributed by atoms with Crippen molar-refractivity contribution in [2.45, 2.75) is 315 Å². The van der Waals surface area contributed by atoms with Gasteiger partial charge in [-0.05, 0) is 70.6 Å². The minimum atomic E-state index is -0.772. The third-order valence-electron chi connectivity index (χ3n) is 12.9. The second-order valence-corrected chi connectivity index (χ2v) is 19.4. The number of hydrogen-bond donors (Lipinski definition) is 1. The Labute approximate surface area is 399 Å².